The summed E-state index contributed by atoms with van der Waals surface area (Å²) in [6.07, 6.45) is -2.35. The number of H-pyrrole nitrogens is 1. The summed E-state index contributed by atoms with van der Waals surface area (Å²) in [6.45, 7) is 1.19. The zero-order valence-corrected chi connectivity index (χ0v) is 9.79. The van der Waals surface area contributed by atoms with Crippen LogP contribution in [0.5, 0.6) is 0 Å². The molecular formula is C12H10F4N2O. The molecule has 0 fully saturated rings. The Bertz CT molecular complexity index is 576. The molecule has 2 aromatic rings. The molecule has 0 aliphatic heterocycles. The SMILES string of the molecule is CC(O)(c1cnc[nH]1)c1cccc(C(F)(F)F)c1F. The van der Waals surface area contributed by atoms with Crippen LogP contribution in [0.1, 0.15) is 23.7 Å². The van der Waals surface area contributed by atoms with E-state index in [9.17, 15) is 22.7 Å². The average Bonchev–Trinajstić information content (AvgIpc) is 2.81. The van der Waals surface area contributed by atoms with E-state index in [1.807, 2.05) is 0 Å². The number of benzene rings is 1. The molecule has 0 aliphatic rings. The Kier molecular flexibility index (Phi) is 3.09. The first kappa shape index (κ1) is 13.5. The first-order chi connectivity index (χ1) is 8.74. The summed E-state index contributed by atoms with van der Waals surface area (Å²) < 4.78 is 51.8. The van der Waals surface area contributed by atoms with E-state index in [2.05, 4.69) is 9.97 Å². The smallest absolute Gasteiger partial charge is 0.379 e. The lowest BCUT2D eigenvalue weighted by atomic mass is 9.91. The van der Waals surface area contributed by atoms with Crippen molar-refractivity contribution in [3.05, 3.63) is 53.4 Å². The Morgan fingerprint density at radius 3 is 2.37 bits per heavy atom. The molecule has 0 saturated carbocycles. The third-order valence-electron chi connectivity index (χ3n) is 2.85. The number of aliphatic hydroxyl groups is 1. The molecule has 0 saturated heterocycles. The molecule has 0 amide bonds. The summed E-state index contributed by atoms with van der Waals surface area (Å²) in [7, 11) is 0. The van der Waals surface area contributed by atoms with Crippen LogP contribution in [-0.4, -0.2) is 15.1 Å². The molecule has 102 valence electrons. The van der Waals surface area contributed by atoms with E-state index in [0.29, 0.717) is 6.07 Å². The van der Waals surface area contributed by atoms with Gasteiger partial charge in [-0.3, -0.25) is 0 Å². The fourth-order valence-electron chi connectivity index (χ4n) is 1.79. The molecule has 0 spiro atoms. The highest BCUT2D eigenvalue weighted by atomic mass is 19.4. The van der Waals surface area contributed by atoms with Crippen LogP contribution >= 0.6 is 0 Å². The molecule has 19 heavy (non-hydrogen) atoms. The van der Waals surface area contributed by atoms with Gasteiger partial charge < -0.3 is 10.1 Å². The lowest BCUT2D eigenvalue weighted by Crippen LogP contribution is -2.26. The van der Waals surface area contributed by atoms with Gasteiger partial charge in [-0.2, -0.15) is 13.2 Å². The Morgan fingerprint density at radius 2 is 1.84 bits per heavy atom. The van der Waals surface area contributed by atoms with Gasteiger partial charge in [-0.1, -0.05) is 12.1 Å². The summed E-state index contributed by atoms with van der Waals surface area (Å²) in [5.74, 6) is -1.49. The van der Waals surface area contributed by atoms with Crippen LogP contribution in [-0.2, 0) is 11.8 Å². The van der Waals surface area contributed by atoms with E-state index in [-0.39, 0.29) is 5.69 Å². The summed E-state index contributed by atoms with van der Waals surface area (Å²) in [5.41, 5.74) is -3.70. The molecule has 7 heteroatoms. The van der Waals surface area contributed by atoms with Gasteiger partial charge >= 0.3 is 6.18 Å². The lowest BCUT2D eigenvalue weighted by Gasteiger charge is -2.24. The molecule has 1 aromatic carbocycles. The van der Waals surface area contributed by atoms with E-state index in [4.69, 9.17) is 0 Å². The maximum absolute atomic E-state index is 13.9. The minimum absolute atomic E-state index is 0.103. The number of aromatic amines is 1. The number of rotatable bonds is 2. The van der Waals surface area contributed by atoms with Crippen molar-refractivity contribution in [3.63, 3.8) is 0 Å². The Balaban J connectivity index is 2.58. The zero-order valence-electron chi connectivity index (χ0n) is 9.79. The number of alkyl halides is 3. The number of hydrogen-bond donors (Lipinski definition) is 2. The number of nitrogens with zero attached hydrogens (tertiary/aromatic N) is 1. The van der Waals surface area contributed by atoms with Gasteiger partial charge in [0, 0.05) is 5.56 Å². The van der Waals surface area contributed by atoms with Crippen LogP contribution < -0.4 is 0 Å². The molecule has 1 aromatic heterocycles. The largest absolute Gasteiger partial charge is 0.419 e. The first-order valence-corrected chi connectivity index (χ1v) is 5.32. The van der Waals surface area contributed by atoms with Crippen molar-refractivity contribution in [2.45, 2.75) is 18.7 Å². The summed E-state index contributed by atoms with van der Waals surface area (Å²) >= 11 is 0. The van der Waals surface area contributed by atoms with Crippen LogP contribution in [0.4, 0.5) is 17.6 Å². The second kappa shape index (κ2) is 4.34. The lowest BCUT2D eigenvalue weighted by molar-refractivity contribution is -0.140. The molecule has 0 bridgehead atoms. The molecule has 1 unspecified atom stereocenters. The minimum atomic E-state index is -4.82. The summed E-state index contributed by atoms with van der Waals surface area (Å²) in [4.78, 5) is 6.21. The third kappa shape index (κ3) is 2.33. The van der Waals surface area contributed by atoms with E-state index in [0.717, 1.165) is 12.1 Å². The highest BCUT2D eigenvalue weighted by Crippen LogP contribution is 2.37. The summed E-state index contributed by atoms with van der Waals surface area (Å²) in [6, 6.07) is 2.78. The topological polar surface area (TPSA) is 48.9 Å². The molecule has 0 radical (unpaired) electrons. The van der Waals surface area contributed by atoms with Crippen molar-refractivity contribution >= 4 is 0 Å². The standard InChI is InChI=1S/C12H10F4N2O/c1-11(19,9-5-17-6-18-9)7-3-2-4-8(10(7)13)12(14,15)16/h2-6,19H,1H3,(H,17,18). The van der Waals surface area contributed by atoms with E-state index < -0.39 is 28.7 Å². The second-order valence-electron chi connectivity index (χ2n) is 4.20. The van der Waals surface area contributed by atoms with Gasteiger partial charge in [-0.25, -0.2) is 9.37 Å². The van der Waals surface area contributed by atoms with Crippen LogP contribution in [0.3, 0.4) is 0 Å². The maximum atomic E-state index is 13.9. The molecule has 3 nitrogen and oxygen atoms in total. The predicted molar refractivity (Wildman–Crippen MR) is 58.7 cm³/mol. The number of hydrogen-bond acceptors (Lipinski definition) is 2. The van der Waals surface area contributed by atoms with Crippen molar-refractivity contribution in [2.75, 3.05) is 0 Å². The van der Waals surface area contributed by atoms with Crippen LogP contribution in [0.25, 0.3) is 0 Å². The molecule has 2 rings (SSSR count). The van der Waals surface area contributed by atoms with Gasteiger partial charge in [0.1, 0.15) is 11.4 Å². The Morgan fingerprint density at radius 1 is 1.21 bits per heavy atom. The van der Waals surface area contributed by atoms with Crippen molar-refractivity contribution in [2.24, 2.45) is 0 Å². The summed E-state index contributed by atoms with van der Waals surface area (Å²) in [5, 5.41) is 10.2. The average molecular weight is 274 g/mol. The van der Waals surface area contributed by atoms with Crippen molar-refractivity contribution in [3.8, 4) is 0 Å². The van der Waals surface area contributed by atoms with Crippen molar-refractivity contribution in [1.82, 2.24) is 9.97 Å². The molecule has 1 heterocycles. The van der Waals surface area contributed by atoms with Gasteiger partial charge in [0.05, 0.1) is 23.8 Å². The van der Waals surface area contributed by atoms with Crippen LogP contribution in [0.2, 0.25) is 0 Å². The number of halogens is 4. The zero-order chi connectivity index (χ0) is 14.3. The van der Waals surface area contributed by atoms with Crippen molar-refractivity contribution < 1.29 is 22.7 Å². The quantitative estimate of drug-likeness (QED) is 0.827. The second-order valence-corrected chi connectivity index (χ2v) is 4.20. The normalized spacial score (nSPS) is 15.3. The Labute approximate surface area is 105 Å². The highest BCUT2D eigenvalue weighted by molar-refractivity contribution is 5.36. The minimum Gasteiger partial charge on any atom is -0.379 e. The van der Waals surface area contributed by atoms with E-state index >= 15 is 0 Å². The van der Waals surface area contributed by atoms with Crippen molar-refractivity contribution in [1.29, 1.82) is 0 Å². The van der Waals surface area contributed by atoms with Gasteiger partial charge in [-0.15, -0.1) is 0 Å². The third-order valence-corrected chi connectivity index (χ3v) is 2.85. The van der Waals surface area contributed by atoms with Gasteiger partial charge in [0.2, 0.25) is 0 Å². The fraction of sp³-hybridized carbons (Fsp3) is 0.250. The number of aromatic nitrogens is 2. The predicted octanol–water partition coefficient (Wildman–Crippen LogP) is 2.82. The molecule has 2 N–H and O–H groups in total. The van der Waals surface area contributed by atoms with Gasteiger partial charge in [0.15, 0.2) is 0 Å². The van der Waals surface area contributed by atoms with E-state index in [1.54, 1.807) is 0 Å². The van der Waals surface area contributed by atoms with Crippen LogP contribution in [0, 0.1) is 5.82 Å². The Hall–Kier alpha value is -1.89. The molecule has 0 aliphatic carbocycles. The fourth-order valence-corrected chi connectivity index (χ4v) is 1.79. The molecular weight excluding hydrogens is 264 g/mol. The number of nitrogens with one attached hydrogen (secondary N) is 1. The van der Waals surface area contributed by atoms with Gasteiger partial charge in [-0.05, 0) is 13.0 Å². The van der Waals surface area contributed by atoms with Crippen LogP contribution in [0.15, 0.2) is 30.7 Å². The first-order valence-electron chi connectivity index (χ1n) is 5.32. The monoisotopic (exact) mass is 274 g/mol. The van der Waals surface area contributed by atoms with E-state index in [1.165, 1.54) is 19.4 Å². The molecule has 1 atom stereocenters. The van der Waals surface area contributed by atoms with Gasteiger partial charge in [0.25, 0.3) is 0 Å². The maximum Gasteiger partial charge on any atom is 0.419 e. The number of imidazole rings is 1. The highest BCUT2D eigenvalue weighted by Gasteiger charge is 2.38.